The molecule has 1 aliphatic heterocycles. The van der Waals surface area contributed by atoms with Gasteiger partial charge in [0.1, 0.15) is 11.9 Å². The lowest BCUT2D eigenvalue weighted by molar-refractivity contribution is 0.110. The van der Waals surface area contributed by atoms with Crippen LogP contribution in [0.3, 0.4) is 0 Å². The number of piperidine rings is 1. The first-order valence-electron chi connectivity index (χ1n) is 6.24. The summed E-state index contributed by atoms with van der Waals surface area (Å²) in [7, 11) is 0. The van der Waals surface area contributed by atoms with E-state index < -0.39 is 0 Å². The Morgan fingerprint density at radius 2 is 2.11 bits per heavy atom. The smallest absolute Gasteiger partial charge is 0.124 e. The number of nitrogens with zero attached hydrogens (tertiary/aromatic N) is 2. The summed E-state index contributed by atoms with van der Waals surface area (Å²) < 4.78 is 13.1. The van der Waals surface area contributed by atoms with Gasteiger partial charge in [0.15, 0.2) is 0 Å². The molecule has 0 aliphatic carbocycles. The van der Waals surface area contributed by atoms with Gasteiger partial charge in [-0.15, -0.1) is 0 Å². The van der Waals surface area contributed by atoms with Gasteiger partial charge in [-0.3, -0.25) is 0 Å². The van der Waals surface area contributed by atoms with Gasteiger partial charge in [-0.25, -0.2) is 4.39 Å². The molecule has 0 bridgehead atoms. The van der Waals surface area contributed by atoms with E-state index in [2.05, 4.69) is 4.90 Å². The van der Waals surface area contributed by atoms with Crippen LogP contribution in [-0.2, 0) is 0 Å². The molecular formula is C14H17FN2O. The van der Waals surface area contributed by atoms with Crippen molar-refractivity contribution in [3.8, 4) is 6.07 Å². The van der Waals surface area contributed by atoms with Gasteiger partial charge in [-0.1, -0.05) is 0 Å². The zero-order chi connectivity index (χ0) is 13.1. The summed E-state index contributed by atoms with van der Waals surface area (Å²) in [6.07, 6.45) is 1.52. The van der Waals surface area contributed by atoms with Gasteiger partial charge < -0.3 is 10.0 Å². The fourth-order valence-corrected chi connectivity index (χ4v) is 2.50. The maximum Gasteiger partial charge on any atom is 0.124 e. The Morgan fingerprint density at radius 3 is 2.67 bits per heavy atom. The maximum absolute atomic E-state index is 13.1. The first-order chi connectivity index (χ1) is 8.61. The normalized spacial score (nSPS) is 18.4. The number of nitriles is 1. The van der Waals surface area contributed by atoms with Gasteiger partial charge >= 0.3 is 0 Å². The van der Waals surface area contributed by atoms with Crippen LogP contribution in [0.5, 0.6) is 0 Å². The molecule has 1 aromatic carbocycles. The average Bonchev–Trinajstić information content (AvgIpc) is 2.38. The standard InChI is InChI=1S/C14H17FN2O/c1-10(18)11-4-6-17(7-5-11)14-3-2-13(15)8-12(14)9-16/h2-3,8,10-11,18H,4-7H2,1H3. The molecule has 2 rings (SSSR count). The first kappa shape index (κ1) is 12.8. The summed E-state index contributed by atoms with van der Waals surface area (Å²) in [5.41, 5.74) is 1.17. The SMILES string of the molecule is CC(O)C1CCN(c2ccc(F)cc2C#N)CC1. The van der Waals surface area contributed by atoms with E-state index in [9.17, 15) is 9.50 Å². The molecule has 4 heteroatoms. The topological polar surface area (TPSA) is 47.3 Å². The molecule has 0 amide bonds. The van der Waals surface area contributed by atoms with Crippen molar-refractivity contribution in [3.05, 3.63) is 29.6 Å². The molecule has 1 N–H and O–H groups in total. The van der Waals surface area contributed by atoms with Crippen LogP contribution >= 0.6 is 0 Å². The van der Waals surface area contributed by atoms with Crippen molar-refractivity contribution in [1.82, 2.24) is 0 Å². The molecule has 0 aromatic heterocycles. The number of rotatable bonds is 2. The highest BCUT2D eigenvalue weighted by Gasteiger charge is 2.24. The molecule has 18 heavy (non-hydrogen) atoms. The molecule has 1 fully saturated rings. The van der Waals surface area contributed by atoms with Crippen molar-refractivity contribution in [3.63, 3.8) is 0 Å². The zero-order valence-electron chi connectivity index (χ0n) is 10.4. The number of halogens is 1. The lowest BCUT2D eigenvalue weighted by atomic mass is 9.91. The second kappa shape index (κ2) is 5.36. The van der Waals surface area contributed by atoms with Gasteiger partial charge in [0.05, 0.1) is 17.4 Å². The molecule has 0 saturated carbocycles. The zero-order valence-corrected chi connectivity index (χ0v) is 10.4. The second-order valence-corrected chi connectivity index (χ2v) is 4.84. The minimum Gasteiger partial charge on any atom is -0.393 e. The predicted octanol–water partition coefficient (Wildman–Crippen LogP) is 2.29. The molecule has 0 radical (unpaired) electrons. The van der Waals surface area contributed by atoms with Gasteiger partial charge in [-0.05, 0) is 43.9 Å². The van der Waals surface area contributed by atoms with Crippen molar-refractivity contribution in [1.29, 1.82) is 5.26 Å². The highest BCUT2D eigenvalue weighted by Crippen LogP contribution is 2.27. The number of hydrogen-bond acceptors (Lipinski definition) is 3. The Bertz CT molecular complexity index is 459. The van der Waals surface area contributed by atoms with Crippen LogP contribution in [0.1, 0.15) is 25.3 Å². The fraction of sp³-hybridized carbons (Fsp3) is 0.500. The lowest BCUT2D eigenvalue weighted by Crippen LogP contribution is -2.37. The monoisotopic (exact) mass is 248 g/mol. The first-order valence-corrected chi connectivity index (χ1v) is 6.24. The third-order valence-electron chi connectivity index (χ3n) is 3.64. The minimum absolute atomic E-state index is 0.282. The molecule has 3 nitrogen and oxygen atoms in total. The summed E-state index contributed by atoms with van der Waals surface area (Å²) in [5, 5.41) is 18.6. The molecule has 96 valence electrons. The number of anilines is 1. The second-order valence-electron chi connectivity index (χ2n) is 4.84. The molecule has 1 atom stereocenters. The Morgan fingerprint density at radius 1 is 1.44 bits per heavy atom. The van der Waals surface area contributed by atoms with E-state index >= 15 is 0 Å². The van der Waals surface area contributed by atoms with E-state index in [4.69, 9.17) is 5.26 Å². The number of aliphatic hydroxyl groups is 1. The summed E-state index contributed by atoms with van der Waals surface area (Å²) in [6.45, 7) is 3.42. The van der Waals surface area contributed by atoms with E-state index in [1.165, 1.54) is 12.1 Å². The molecule has 1 heterocycles. The largest absolute Gasteiger partial charge is 0.393 e. The Hall–Kier alpha value is -1.60. The van der Waals surface area contributed by atoms with Crippen LogP contribution in [0.4, 0.5) is 10.1 Å². The van der Waals surface area contributed by atoms with Crippen molar-refractivity contribution in [2.75, 3.05) is 18.0 Å². The number of aliphatic hydroxyl groups excluding tert-OH is 1. The highest BCUT2D eigenvalue weighted by molar-refractivity contribution is 5.59. The third kappa shape index (κ3) is 2.62. The molecule has 1 saturated heterocycles. The van der Waals surface area contributed by atoms with Crippen molar-refractivity contribution in [2.24, 2.45) is 5.92 Å². The quantitative estimate of drug-likeness (QED) is 0.873. The maximum atomic E-state index is 13.1. The van der Waals surface area contributed by atoms with Gasteiger partial charge in [0.2, 0.25) is 0 Å². The van der Waals surface area contributed by atoms with E-state index in [0.29, 0.717) is 11.5 Å². The predicted molar refractivity (Wildman–Crippen MR) is 67.7 cm³/mol. The Balaban J connectivity index is 2.13. The lowest BCUT2D eigenvalue weighted by Gasteiger charge is -2.35. The number of benzene rings is 1. The third-order valence-corrected chi connectivity index (χ3v) is 3.64. The molecular weight excluding hydrogens is 231 g/mol. The van der Waals surface area contributed by atoms with E-state index in [-0.39, 0.29) is 11.9 Å². The molecule has 1 unspecified atom stereocenters. The summed E-state index contributed by atoms with van der Waals surface area (Å²) in [4.78, 5) is 2.09. The van der Waals surface area contributed by atoms with Crippen LogP contribution in [0.25, 0.3) is 0 Å². The van der Waals surface area contributed by atoms with Gasteiger partial charge in [-0.2, -0.15) is 5.26 Å². The Kier molecular flexibility index (Phi) is 3.83. The van der Waals surface area contributed by atoms with Crippen molar-refractivity contribution < 1.29 is 9.50 Å². The van der Waals surface area contributed by atoms with Crippen molar-refractivity contribution >= 4 is 5.69 Å². The molecule has 0 spiro atoms. The van der Waals surface area contributed by atoms with Crippen LogP contribution in [0, 0.1) is 23.1 Å². The van der Waals surface area contributed by atoms with E-state index in [1.807, 2.05) is 13.0 Å². The van der Waals surface area contributed by atoms with Crippen LogP contribution < -0.4 is 4.90 Å². The van der Waals surface area contributed by atoms with Gasteiger partial charge in [0.25, 0.3) is 0 Å². The molecule has 1 aliphatic rings. The van der Waals surface area contributed by atoms with Crippen molar-refractivity contribution in [2.45, 2.75) is 25.9 Å². The van der Waals surface area contributed by atoms with Crippen LogP contribution in [0.15, 0.2) is 18.2 Å². The fourth-order valence-electron chi connectivity index (χ4n) is 2.50. The average molecular weight is 248 g/mol. The van der Waals surface area contributed by atoms with Gasteiger partial charge in [0, 0.05) is 13.1 Å². The van der Waals surface area contributed by atoms with Crippen LogP contribution in [0.2, 0.25) is 0 Å². The summed E-state index contributed by atoms with van der Waals surface area (Å²) >= 11 is 0. The summed E-state index contributed by atoms with van der Waals surface area (Å²) in [6, 6.07) is 6.36. The minimum atomic E-state index is -0.380. The Labute approximate surface area is 106 Å². The number of hydrogen-bond donors (Lipinski definition) is 1. The van der Waals surface area contributed by atoms with Crippen LogP contribution in [-0.4, -0.2) is 24.3 Å². The van der Waals surface area contributed by atoms with E-state index in [1.54, 1.807) is 6.07 Å². The van der Waals surface area contributed by atoms with E-state index in [0.717, 1.165) is 31.6 Å². The molecule has 1 aromatic rings. The highest BCUT2D eigenvalue weighted by atomic mass is 19.1. The summed E-state index contributed by atoms with van der Waals surface area (Å²) in [5.74, 6) is -0.0543.